The van der Waals surface area contributed by atoms with Crippen LogP contribution in [0.15, 0.2) is 74.1 Å². The van der Waals surface area contributed by atoms with Crippen LogP contribution in [0, 0.1) is 0 Å². The number of thiazole rings is 1. The standard InChI is InChI=1S/C20H14ClN3O5S2/c21-13-2-5-16(6-3-13)31(27,28)24-20-23-15(11-30-20)10-18(25)22-14-4-7-17-12(9-14)1-8-19(26)29-17/h1-9,11H,10H2,(H,22,25)(H,23,24). The van der Waals surface area contributed by atoms with E-state index in [2.05, 4.69) is 15.0 Å². The maximum absolute atomic E-state index is 12.4. The lowest BCUT2D eigenvalue weighted by molar-refractivity contribution is -0.115. The minimum Gasteiger partial charge on any atom is -0.423 e. The molecule has 4 aromatic rings. The van der Waals surface area contributed by atoms with Gasteiger partial charge in [0.2, 0.25) is 5.91 Å². The molecule has 0 saturated carbocycles. The van der Waals surface area contributed by atoms with Crippen LogP contribution < -0.4 is 15.7 Å². The summed E-state index contributed by atoms with van der Waals surface area (Å²) in [7, 11) is -3.81. The lowest BCUT2D eigenvalue weighted by atomic mass is 10.2. The molecule has 2 aromatic heterocycles. The van der Waals surface area contributed by atoms with E-state index in [0.29, 0.717) is 27.4 Å². The van der Waals surface area contributed by atoms with Gasteiger partial charge in [0.05, 0.1) is 17.0 Å². The number of hydrogen-bond donors (Lipinski definition) is 2. The number of benzene rings is 2. The van der Waals surface area contributed by atoms with Gasteiger partial charge < -0.3 is 9.73 Å². The van der Waals surface area contributed by atoms with Gasteiger partial charge >= 0.3 is 5.63 Å². The van der Waals surface area contributed by atoms with Crippen molar-refractivity contribution >= 4 is 60.7 Å². The van der Waals surface area contributed by atoms with Crippen LogP contribution >= 0.6 is 22.9 Å². The zero-order valence-electron chi connectivity index (χ0n) is 15.7. The van der Waals surface area contributed by atoms with Crippen molar-refractivity contribution in [3.05, 3.63) is 81.1 Å². The van der Waals surface area contributed by atoms with Crippen molar-refractivity contribution in [3.63, 3.8) is 0 Å². The minimum absolute atomic E-state index is 0.0406. The quantitative estimate of drug-likeness (QED) is 0.408. The monoisotopic (exact) mass is 475 g/mol. The highest BCUT2D eigenvalue weighted by Crippen LogP contribution is 2.22. The van der Waals surface area contributed by atoms with Gasteiger partial charge in [-0.2, -0.15) is 0 Å². The first-order valence-corrected chi connectivity index (χ1v) is 11.6. The first-order valence-electron chi connectivity index (χ1n) is 8.85. The van der Waals surface area contributed by atoms with Crippen LogP contribution in [-0.4, -0.2) is 19.3 Å². The van der Waals surface area contributed by atoms with E-state index in [9.17, 15) is 18.0 Å². The zero-order chi connectivity index (χ0) is 22.0. The molecule has 2 heterocycles. The number of sulfonamides is 1. The number of amides is 1. The molecule has 158 valence electrons. The lowest BCUT2D eigenvalue weighted by Gasteiger charge is -2.06. The summed E-state index contributed by atoms with van der Waals surface area (Å²) in [5.41, 5.74) is 0.922. The number of halogens is 1. The molecule has 8 nitrogen and oxygen atoms in total. The summed E-state index contributed by atoms with van der Waals surface area (Å²) < 4.78 is 32.3. The van der Waals surface area contributed by atoms with Crippen LogP contribution in [0.5, 0.6) is 0 Å². The number of fused-ring (bicyclic) bond motifs is 1. The number of aromatic nitrogens is 1. The second kappa shape index (κ2) is 8.50. The highest BCUT2D eigenvalue weighted by molar-refractivity contribution is 7.93. The minimum atomic E-state index is -3.81. The number of hydrogen-bond acceptors (Lipinski definition) is 7. The van der Waals surface area contributed by atoms with Crippen molar-refractivity contribution in [1.82, 2.24) is 4.98 Å². The fourth-order valence-corrected chi connectivity index (χ4v) is 4.83. The fourth-order valence-electron chi connectivity index (χ4n) is 2.74. The second-order valence-corrected chi connectivity index (χ2v) is 9.41. The van der Waals surface area contributed by atoms with Gasteiger partial charge in [-0.05, 0) is 48.5 Å². The van der Waals surface area contributed by atoms with E-state index < -0.39 is 15.6 Å². The van der Waals surface area contributed by atoms with E-state index in [1.54, 1.807) is 29.6 Å². The third-order valence-corrected chi connectivity index (χ3v) is 6.68. The van der Waals surface area contributed by atoms with Gasteiger partial charge in [0.15, 0.2) is 5.13 Å². The second-order valence-electron chi connectivity index (χ2n) is 6.44. The van der Waals surface area contributed by atoms with E-state index in [-0.39, 0.29) is 22.4 Å². The molecule has 2 aromatic carbocycles. The molecule has 0 saturated heterocycles. The molecule has 1 amide bonds. The molecule has 0 aliphatic heterocycles. The Bertz CT molecular complexity index is 1430. The molecule has 0 radical (unpaired) electrons. The first-order chi connectivity index (χ1) is 14.8. The van der Waals surface area contributed by atoms with Gasteiger partial charge in [0, 0.05) is 27.5 Å². The molecule has 0 spiro atoms. The maximum Gasteiger partial charge on any atom is 0.336 e. The van der Waals surface area contributed by atoms with Crippen LogP contribution in [0.1, 0.15) is 5.69 Å². The van der Waals surface area contributed by atoms with Crippen molar-refractivity contribution in [2.24, 2.45) is 0 Å². The molecule has 0 aliphatic rings. The molecule has 0 aliphatic carbocycles. The Labute approximate surface area is 185 Å². The van der Waals surface area contributed by atoms with Gasteiger partial charge in [-0.3, -0.25) is 9.52 Å². The molecule has 0 unspecified atom stereocenters. The molecule has 0 atom stereocenters. The normalized spacial score (nSPS) is 11.4. The Hall–Kier alpha value is -3.21. The molecule has 4 rings (SSSR count). The summed E-state index contributed by atoms with van der Waals surface area (Å²) in [4.78, 5) is 27.8. The average molecular weight is 476 g/mol. The number of nitrogens with zero attached hydrogens (tertiary/aromatic N) is 1. The summed E-state index contributed by atoms with van der Waals surface area (Å²) in [6.45, 7) is 0. The topological polar surface area (TPSA) is 118 Å². The Morgan fingerprint density at radius 2 is 1.87 bits per heavy atom. The van der Waals surface area contributed by atoms with E-state index in [4.69, 9.17) is 16.0 Å². The Kier molecular flexibility index (Phi) is 5.77. The highest BCUT2D eigenvalue weighted by Gasteiger charge is 2.17. The summed E-state index contributed by atoms with van der Waals surface area (Å²) in [5, 5.41) is 5.60. The van der Waals surface area contributed by atoms with Crippen molar-refractivity contribution in [1.29, 1.82) is 0 Å². The molecule has 11 heteroatoms. The van der Waals surface area contributed by atoms with Crippen LogP contribution in [0.2, 0.25) is 5.02 Å². The fraction of sp³-hybridized carbons (Fsp3) is 0.0500. The zero-order valence-corrected chi connectivity index (χ0v) is 18.1. The van der Waals surface area contributed by atoms with Crippen LogP contribution in [0.3, 0.4) is 0 Å². The van der Waals surface area contributed by atoms with E-state index in [1.165, 1.54) is 30.3 Å². The van der Waals surface area contributed by atoms with Crippen molar-refractivity contribution in [3.8, 4) is 0 Å². The Balaban J connectivity index is 1.41. The van der Waals surface area contributed by atoms with E-state index >= 15 is 0 Å². The number of carbonyl (C=O) groups excluding carboxylic acids is 1. The molecule has 0 bridgehead atoms. The molecular weight excluding hydrogens is 462 g/mol. The van der Waals surface area contributed by atoms with Crippen LogP contribution in [0.4, 0.5) is 10.8 Å². The average Bonchev–Trinajstić information content (AvgIpc) is 3.14. The number of anilines is 2. The molecule has 0 fully saturated rings. The van der Waals surface area contributed by atoms with Gasteiger partial charge in [-0.25, -0.2) is 18.2 Å². The van der Waals surface area contributed by atoms with Crippen molar-refractivity contribution in [2.45, 2.75) is 11.3 Å². The third kappa shape index (κ3) is 5.10. The maximum atomic E-state index is 12.4. The smallest absolute Gasteiger partial charge is 0.336 e. The predicted molar refractivity (Wildman–Crippen MR) is 119 cm³/mol. The first kappa shape index (κ1) is 21.0. The SMILES string of the molecule is O=C(Cc1csc(NS(=O)(=O)c2ccc(Cl)cc2)n1)Nc1ccc2oc(=O)ccc2c1. The number of nitrogens with one attached hydrogen (secondary N) is 2. The largest absolute Gasteiger partial charge is 0.423 e. The lowest BCUT2D eigenvalue weighted by Crippen LogP contribution is -2.15. The van der Waals surface area contributed by atoms with Gasteiger partial charge in [0.1, 0.15) is 5.58 Å². The van der Waals surface area contributed by atoms with Crippen molar-refractivity contribution < 1.29 is 17.6 Å². The van der Waals surface area contributed by atoms with E-state index in [0.717, 1.165) is 11.3 Å². The van der Waals surface area contributed by atoms with E-state index in [1.807, 2.05) is 0 Å². The predicted octanol–water partition coefficient (Wildman–Crippen LogP) is 3.88. The van der Waals surface area contributed by atoms with Crippen molar-refractivity contribution in [2.75, 3.05) is 10.0 Å². The Morgan fingerprint density at radius 3 is 2.65 bits per heavy atom. The highest BCUT2D eigenvalue weighted by atomic mass is 35.5. The van der Waals surface area contributed by atoms with Crippen LogP contribution in [-0.2, 0) is 21.2 Å². The van der Waals surface area contributed by atoms with Gasteiger partial charge in [-0.1, -0.05) is 11.6 Å². The Morgan fingerprint density at radius 1 is 1.10 bits per heavy atom. The number of carbonyl (C=O) groups is 1. The molecular formula is C20H14ClN3O5S2. The molecule has 2 N–H and O–H groups in total. The third-order valence-electron chi connectivity index (χ3n) is 4.14. The molecule has 31 heavy (non-hydrogen) atoms. The summed E-state index contributed by atoms with van der Waals surface area (Å²) in [6.07, 6.45) is -0.0406. The van der Waals surface area contributed by atoms with Crippen LogP contribution in [0.25, 0.3) is 11.0 Å². The van der Waals surface area contributed by atoms with Gasteiger partial charge in [-0.15, -0.1) is 11.3 Å². The summed E-state index contributed by atoms with van der Waals surface area (Å²) in [5.74, 6) is -0.325. The summed E-state index contributed by atoms with van der Waals surface area (Å²) >= 11 is 6.86. The number of rotatable bonds is 6. The van der Waals surface area contributed by atoms with Gasteiger partial charge in [0.25, 0.3) is 10.0 Å². The summed E-state index contributed by atoms with van der Waals surface area (Å²) in [6, 6.07) is 13.6.